The number of aliphatic hydroxyl groups is 2. The number of hydrogen-bond acceptors (Lipinski definition) is 5. The van der Waals surface area contributed by atoms with Gasteiger partial charge in [0.25, 0.3) is 0 Å². The third-order valence-electron chi connectivity index (χ3n) is 2.89. The number of rotatable bonds is 5. The maximum Gasteiger partial charge on any atom is 0.417 e. The van der Waals surface area contributed by atoms with E-state index in [1.807, 2.05) is 0 Å². The average Bonchev–Trinajstić information content (AvgIpc) is 2.44. The molecule has 9 heteroatoms. The molecule has 2 unspecified atom stereocenters. The second-order valence-corrected chi connectivity index (χ2v) is 4.40. The first-order chi connectivity index (χ1) is 10.1. The lowest BCUT2D eigenvalue weighted by molar-refractivity contribution is -0.145. The quantitative estimate of drug-likeness (QED) is 0.707. The van der Waals surface area contributed by atoms with Crippen molar-refractivity contribution in [3.63, 3.8) is 0 Å². The lowest BCUT2D eigenvalue weighted by Gasteiger charge is -2.19. The molecule has 0 amide bonds. The third kappa shape index (κ3) is 4.18. The van der Waals surface area contributed by atoms with Crippen molar-refractivity contribution in [1.29, 1.82) is 0 Å². The van der Waals surface area contributed by atoms with Gasteiger partial charge in [-0.15, -0.1) is 0 Å². The Hall–Kier alpha value is -2.13. The van der Waals surface area contributed by atoms with Gasteiger partial charge in [0.05, 0.1) is 30.8 Å². The highest BCUT2D eigenvalue weighted by molar-refractivity contribution is 5.89. The number of benzene rings is 1. The number of carbonyl (C=O) groups is 2. The number of carboxylic acids is 1. The summed E-state index contributed by atoms with van der Waals surface area (Å²) in [4.78, 5) is 21.8. The van der Waals surface area contributed by atoms with Gasteiger partial charge in [-0.25, -0.2) is 4.79 Å². The molecule has 2 atom stereocenters. The van der Waals surface area contributed by atoms with Crippen LogP contribution >= 0.6 is 0 Å². The van der Waals surface area contributed by atoms with Crippen LogP contribution in [-0.2, 0) is 15.7 Å². The van der Waals surface area contributed by atoms with E-state index in [1.165, 1.54) is 0 Å². The minimum atomic E-state index is -4.95. The Morgan fingerprint density at radius 1 is 1.27 bits per heavy atom. The van der Waals surface area contributed by atoms with Crippen LogP contribution in [-0.4, -0.2) is 40.5 Å². The SMILES string of the molecule is COC(=O)CC(O)C(O)c1ccc(C(=O)O)c(C(F)(F)F)c1. The van der Waals surface area contributed by atoms with Gasteiger partial charge in [-0.2, -0.15) is 13.2 Å². The van der Waals surface area contributed by atoms with E-state index in [1.54, 1.807) is 0 Å². The molecule has 0 spiro atoms. The molecular formula is C13H13F3O6. The summed E-state index contributed by atoms with van der Waals surface area (Å²) in [5.74, 6) is -2.63. The van der Waals surface area contributed by atoms with E-state index in [2.05, 4.69) is 4.74 Å². The molecule has 0 aromatic heterocycles. The largest absolute Gasteiger partial charge is 0.478 e. The van der Waals surface area contributed by atoms with Crippen LogP contribution in [0.25, 0.3) is 0 Å². The lowest BCUT2D eigenvalue weighted by atomic mass is 9.97. The molecule has 1 rings (SSSR count). The number of hydrogen-bond donors (Lipinski definition) is 3. The van der Waals surface area contributed by atoms with Crippen molar-refractivity contribution in [2.75, 3.05) is 7.11 Å². The second-order valence-electron chi connectivity index (χ2n) is 4.40. The van der Waals surface area contributed by atoms with Crippen molar-refractivity contribution >= 4 is 11.9 Å². The molecule has 0 aliphatic rings. The first kappa shape index (κ1) is 17.9. The number of esters is 1. The fourth-order valence-electron chi connectivity index (χ4n) is 1.75. The van der Waals surface area contributed by atoms with Crippen molar-refractivity contribution < 1.29 is 42.8 Å². The van der Waals surface area contributed by atoms with Gasteiger partial charge in [0, 0.05) is 0 Å². The van der Waals surface area contributed by atoms with E-state index in [0.29, 0.717) is 12.1 Å². The van der Waals surface area contributed by atoms with Crippen molar-refractivity contribution in [3.05, 3.63) is 34.9 Å². The maximum absolute atomic E-state index is 12.8. The van der Waals surface area contributed by atoms with Gasteiger partial charge in [0.15, 0.2) is 0 Å². The Balaban J connectivity index is 3.16. The van der Waals surface area contributed by atoms with Crippen molar-refractivity contribution in [1.82, 2.24) is 0 Å². The molecule has 3 N–H and O–H groups in total. The number of halogens is 3. The fourth-order valence-corrected chi connectivity index (χ4v) is 1.75. The van der Waals surface area contributed by atoms with Gasteiger partial charge in [0.1, 0.15) is 6.10 Å². The minimum absolute atomic E-state index is 0.367. The van der Waals surface area contributed by atoms with Gasteiger partial charge < -0.3 is 20.1 Å². The molecule has 0 radical (unpaired) electrons. The number of carboxylic acid groups (broad SMARTS) is 1. The van der Waals surface area contributed by atoms with E-state index in [-0.39, 0.29) is 5.56 Å². The Morgan fingerprint density at radius 3 is 2.32 bits per heavy atom. The van der Waals surface area contributed by atoms with E-state index in [4.69, 9.17) is 5.11 Å². The summed E-state index contributed by atoms with van der Waals surface area (Å²) < 4.78 is 42.8. The lowest BCUT2D eigenvalue weighted by Crippen LogP contribution is -2.23. The van der Waals surface area contributed by atoms with Crippen molar-refractivity contribution in [3.8, 4) is 0 Å². The van der Waals surface area contributed by atoms with Crippen LogP contribution in [0.2, 0.25) is 0 Å². The van der Waals surface area contributed by atoms with Gasteiger partial charge in [-0.05, 0) is 17.7 Å². The highest BCUT2D eigenvalue weighted by atomic mass is 19.4. The molecule has 0 aliphatic carbocycles. The number of aromatic carboxylic acids is 1. The maximum atomic E-state index is 12.8. The van der Waals surface area contributed by atoms with Gasteiger partial charge in [-0.3, -0.25) is 4.79 Å². The summed E-state index contributed by atoms with van der Waals surface area (Å²) in [5.41, 5.74) is -2.80. The summed E-state index contributed by atoms with van der Waals surface area (Å²) in [6.45, 7) is 0. The predicted octanol–water partition coefficient (Wildman–Crippen LogP) is 1.36. The molecule has 0 heterocycles. The number of ether oxygens (including phenoxy) is 1. The molecule has 0 saturated carbocycles. The normalized spacial score (nSPS) is 14.3. The van der Waals surface area contributed by atoms with Crippen LogP contribution < -0.4 is 0 Å². The molecule has 122 valence electrons. The molecule has 0 saturated heterocycles. The van der Waals surface area contributed by atoms with Crippen LogP contribution in [0.5, 0.6) is 0 Å². The Morgan fingerprint density at radius 2 is 1.86 bits per heavy atom. The topological polar surface area (TPSA) is 104 Å². The van der Waals surface area contributed by atoms with Gasteiger partial charge >= 0.3 is 18.1 Å². The standard InChI is InChI=1S/C13H13F3O6/c1-22-10(18)5-9(17)11(19)6-2-3-7(12(20)21)8(4-6)13(14,15)16/h2-4,9,11,17,19H,5H2,1H3,(H,20,21). The van der Waals surface area contributed by atoms with Crippen molar-refractivity contribution in [2.24, 2.45) is 0 Å². The molecule has 22 heavy (non-hydrogen) atoms. The summed E-state index contributed by atoms with van der Waals surface area (Å²) in [6, 6.07) is 2.03. The molecule has 6 nitrogen and oxygen atoms in total. The average molecular weight is 322 g/mol. The Bertz CT molecular complexity index is 569. The van der Waals surface area contributed by atoms with Gasteiger partial charge in [-0.1, -0.05) is 6.07 Å². The zero-order valence-electron chi connectivity index (χ0n) is 11.3. The number of methoxy groups -OCH3 is 1. The Labute approximate surface area is 122 Å². The zero-order chi connectivity index (χ0) is 17.1. The first-order valence-corrected chi connectivity index (χ1v) is 5.95. The Kier molecular flexibility index (Phi) is 5.50. The van der Waals surface area contributed by atoms with Crippen LogP contribution in [0.4, 0.5) is 13.2 Å². The number of aliphatic hydroxyl groups excluding tert-OH is 2. The van der Waals surface area contributed by atoms with Gasteiger partial charge in [0.2, 0.25) is 0 Å². The fraction of sp³-hybridized carbons (Fsp3) is 0.385. The van der Waals surface area contributed by atoms with Crippen LogP contribution in [0.3, 0.4) is 0 Å². The third-order valence-corrected chi connectivity index (χ3v) is 2.89. The highest BCUT2D eigenvalue weighted by Crippen LogP contribution is 2.34. The van der Waals surface area contributed by atoms with E-state index >= 15 is 0 Å². The number of carbonyl (C=O) groups excluding carboxylic acids is 1. The highest BCUT2D eigenvalue weighted by Gasteiger charge is 2.36. The molecular weight excluding hydrogens is 309 g/mol. The molecule has 1 aromatic carbocycles. The predicted molar refractivity (Wildman–Crippen MR) is 66.0 cm³/mol. The number of alkyl halides is 3. The summed E-state index contributed by atoms with van der Waals surface area (Å²) in [7, 11) is 1.05. The summed E-state index contributed by atoms with van der Waals surface area (Å²) >= 11 is 0. The van der Waals surface area contributed by atoms with E-state index in [0.717, 1.165) is 13.2 Å². The van der Waals surface area contributed by atoms with E-state index in [9.17, 15) is 33.0 Å². The second kappa shape index (κ2) is 6.75. The van der Waals surface area contributed by atoms with Crippen LogP contribution in [0, 0.1) is 0 Å². The molecule has 0 bridgehead atoms. The van der Waals surface area contributed by atoms with Crippen LogP contribution in [0.1, 0.15) is 34.0 Å². The smallest absolute Gasteiger partial charge is 0.417 e. The summed E-state index contributed by atoms with van der Waals surface area (Å²) in [5, 5.41) is 28.1. The zero-order valence-corrected chi connectivity index (χ0v) is 11.3. The molecule has 0 aliphatic heterocycles. The molecule has 1 aromatic rings. The summed E-state index contributed by atoms with van der Waals surface area (Å²) in [6.07, 6.45) is -9.07. The van der Waals surface area contributed by atoms with Crippen molar-refractivity contribution in [2.45, 2.75) is 24.8 Å². The minimum Gasteiger partial charge on any atom is -0.478 e. The van der Waals surface area contributed by atoms with E-state index < -0.39 is 47.9 Å². The monoisotopic (exact) mass is 322 g/mol. The molecule has 0 fully saturated rings. The van der Waals surface area contributed by atoms with Crippen LogP contribution in [0.15, 0.2) is 18.2 Å². The first-order valence-electron chi connectivity index (χ1n) is 5.95.